The van der Waals surface area contributed by atoms with Gasteiger partial charge in [-0.3, -0.25) is 4.99 Å². The van der Waals surface area contributed by atoms with Crippen LogP contribution in [0.1, 0.15) is 24.5 Å². The van der Waals surface area contributed by atoms with Crippen molar-refractivity contribution in [1.82, 2.24) is 10.2 Å². The van der Waals surface area contributed by atoms with E-state index in [9.17, 15) is 5.11 Å². The Morgan fingerprint density at radius 1 is 1.25 bits per heavy atom. The summed E-state index contributed by atoms with van der Waals surface area (Å²) in [6.45, 7) is 5.67. The summed E-state index contributed by atoms with van der Waals surface area (Å²) in [5.41, 5.74) is 2.30. The fourth-order valence-electron chi connectivity index (χ4n) is 3.73. The van der Waals surface area contributed by atoms with Gasteiger partial charge >= 0.3 is 0 Å². The number of nitrogens with one attached hydrogen (secondary N) is 1. The van der Waals surface area contributed by atoms with Gasteiger partial charge in [0.15, 0.2) is 5.96 Å². The Labute approximate surface area is 168 Å². The number of hydrogen-bond acceptors (Lipinski definition) is 3. The molecule has 3 rings (SSSR count). The lowest BCUT2D eigenvalue weighted by Gasteiger charge is -2.22. The fourth-order valence-corrected chi connectivity index (χ4v) is 3.73. The summed E-state index contributed by atoms with van der Waals surface area (Å²) in [5.74, 6) is 2.58. The SMILES string of the molecule is CCNC(=NCCc1ccc(OC)cc1O)N1CCC(Cc2ccccc2)C1. The van der Waals surface area contributed by atoms with E-state index in [4.69, 9.17) is 9.73 Å². The molecule has 1 aliphatic heterocycles. The van der Waals surface area contributed by atoms with Gasteiger partial charge in [-0.1, -0.05) is 36.4 Å². The van der Waals surface area contributed by atoms with Crippen LogP contribution < -0.4 is 10.1 Å². The van der Waals surface area contributed by atoms with E-state index >= 15 is 0 Å². The maximum Gasteiger partial charge on any atom is 0.193 e. The van der Waals surface area contributed by atoms with Crippen LogP contribution in [-0.2, 0) is 12.8 Å². The van der Waals surface area contributed by atoms with Crippen molar-refractivity contribution in [1.29, 1.82) is 0 Å². The Kier molecular flexibility index (Phi) is 7.18. The molecule has 0 spiro atoms. The third-order valence-corrected chi connectivity index (χ3v) is 5.22. The molecule has 1 heterocycles. The second kappa shape index (κ2) is 10.0. The molecule has 0 saturated carbocycles. The molecule has 2 aromatic carbocycles. The lowest BCUT2D eigenvalue weighted by atomic mass is 9.99. The zero-order valence-electron chi connectivity index (χ0n) is 16.9. The number of aliphatic imine (C=N–C) groups is 1. The summed E-state index contributed by atoms with van der Waals surface area (Å²) in [6, 6.07) is 16.2. The predicted molar refractivity (Wildman–Crippen MR) is 114 cm³/mol. The Bertz CT molecular complexity index is 777. The molecule has 1 unspecified atom stereocenters. The van der Waals surface area contributed by atoms with Crippen LogP contribution in [0.3, 0.4) is 0 Å². The number of benzene rings is 2. The first kappa shape index (κ1) is 20.1. The highest BCUT2D eigenvalue weighted by Crippen LogP contribution is 2.24. The highest BCUT2D eigenvalue weighted by molar-refractivity contribution is 5.80. The van der Waals surface area contributed by atoms with Crippen molar-refractivity contribution in [2.24, 2.45) is 10.9 Å². The molecule has 2 N–H and O–H groups in total. The highest BCUT2D eigenvalue weighted by atomic mass is 16.5. The molecule has 5 heteroatoms. The van der Waals surface area contributed by atoms with E-state index in [1.807, 2.05) is 12.1 Å². The number of methoxy groups -OCH3 is 1. The lowest BCUT2D eigenvalue weighted by molar-refractivity contribution is 0.406. The number of guanidine groups is 1. The third kappa shape index (κ3) is 5.41. The minimum absolute atomic E-state index is 0.267. The summed E-state index contributed by atoms with van der Waals surface area (Å²) < 4.78 is 5.14. The highest BCUT2D eigenvalue weighted by Gasteiger charge is 2.24. The van der Waals surface area contributed by atoms with Crippen LogP contribution in [0, 0.1) is 5.92 Å². The second-order valence-corrected chi connectivity index (χ2v) is 7.27. The minimum atomic E-state index is 0.267. The van der Waals surface area contributed by atoms with Gasteiger partial charge in [-0.15, -0.1) is 0 Å². The molecule has 1 atom stereocenters. The Balaban J connectivity index is 1.57. The third-order valence-electron chi connectivity index (χ3n) is 5.22. The molecule has 0 aliphatic carbocycles. The van der Waals surface area contributed by atoms with E-state index in [1.165, 1.54) is 12.0 Å². The average Bonchev–Trinajstić information content (AvgIpc) is 3.17. The van der Waals surface area contributed by atoms with Gasteiger partial charge < -0.3 is 20.1 Å². The molecule has 1 saturated heterocycles. The van der Waals surface area contributed by atoms with E-state index in [1.54, 1.807) is 13.2 Å². The van der Waals surface area contributed by atoms with E-state index < -0.39 is 0 Å². The number of hydrogen-bond donors (Lipinski definition) is 2. The zero-order valence-corrected chi connectivity index (χ0v) is 16.9. The first-order valence-corrected chi connectivity index (χ1v) is 10.1. The van der Waals surface area contributed by atoms with Gasteiger partial charge in [-0.05, 0) is 49.3 Å². The number of likely N-dealkylation sites (tertiary alicyclic amines) is 1. The van der Waals surface area contributed by atoms with E-state index in [-0.39, 0.29) is 5.75 Å². The molecule has 0 aromatic heterocycles. The van der Waals surface area contributed by atoms with Crippen LogP contribution in [-0.4, -0.2) is 49.3 Å². The van der Waals surface area contributed by atoms with Crippen LogP contribution in [0.25, 0.3) is 0 Å². The number of phenols is 1. The summed E-state index contributed by atoms with van der Waals surface area (Å²) in [6.07, 6.45) is 3.01. The van der Waals surface area contributed by atoms with Crippen LogP contribution in [0.5, 0.6) is 11.5 Å². The Morgan fingerprint density at radius 2 is 2.07 bits per heavy atom. The number of nitrogens with zero attached hydrogens (tertiary/aromatic N) is 2. The van der Waals surface area contributed by atoms with Crippen LogP contribution >= 0.6 is 0 Å². The summed E-state index contributed by atoms with van der Waals surface area (Å²) >= 11 is 0. The molecule has 0 radical (unpaired) electrons. The largest absolute Gasteiger partial charge is 0.508 e. The standard InChI is InChI=1S/C23H31N3O2/c1-3-24-23(25-13-11-20-9-10-21(28-2)16-22(20)27)26-14-12-19(17-26)15-18-7-5-4-6-8-18/h4-10,16,19,27H,3,11-15,17H2,1-2H3,(H,24,25). The van der Waals surface area contributed by atoms with Crippen LogP contribution in [0.4, 0.5) is 0 Å². The van der Waals surface area contributed by atoms with Gasteiger partial charge in [0.05, 0.1) is 7.11 Å². The zero-order chi connectivity index (χ0) is 19.8. The van der Waals surface area contributed by atoms with E-state index in [0.29, 0.717) is 24.6 Å². The van der Waals surface area contributed by atoms with E-state index in [2.05, 4.69) is 47.5 Å². The average molecular weight is 382 g/mol. The van der Waals surface area contributed by atoms with Gasteiger partial charge in [0, 0.05) is 32.2 Å². The summed E-state index contributed by atoms with van der Waals surface area (Å²) in [5, 5.41) is 13.5. The fraction of sp³-hybridized carbons (Fsp3) is 0.435. The van der Waals surface area contributed by atoms with Crippen molar-refractivity contribution < 1.29 is 9.84 Å². The Hall–Kier alpha value is -2.69. The van der Waals surface area contributed by atoms with Gasteiger partial charge in [0.1, 0.15) is 11.5 Å². The van der Waals surface area contributed by atoms with Crippen molar-refractivity contribution in [2.75, 3.05) is 33.3 Å². The van der Waals surface area contributed by atoms with Crippen molar-refractivity contribution in [3.63, 3.8) is 0 Å². The molecule has 2 aromatic rings. The maximum absolute atomic E-state index is 10.1. The molecule has 150 valence electrons. The van der Waals surface area contributed by atoms with Crippen molar-refractivity contribution in [3.8, 4) is 11.5 Å². The molecule has 0 bridgehead atoms. The minimum Gasteiger partial charge on any atom is -0.508 e. The van der Waals surface area contributed by atoms with Crippen LogP contribution in [0.15, 0.2) is 53.5 Å². The summed E-state index contributed by atoms with van der Waals surface area (Å²) in [4.78, 5) is 7.17. The number of aromatic hydroxyl groups is 1. The number of rotatable bonds is 7. The smallest absolute Gasteiger partial charge is 0.193 e. The molecule has 1 fully saturated rings. The molecule has 28 heavy (non-hydrogen) atoms. The van der Waals surface area contributed by atoms with Gasteiger partial charge in [0.25, 0.3) is 0 Å². The van der Waals surface area contributed by atoms with Gasteiger partial charge in [-0.2, -0.15) is 0 Å². The molecule has 0 amide bonds. The van der Waals surface area contributed by atoms with Crippen molar-refractivity contribution in [2.45, 2.75) is 26.2 Å². The first-order valence-electron chi connectivity index (χ1n) is 10.1. The molecular weight excluding hydrogens is 350 g/mol. The quantitative estimate of drug-likeness (QED) is 0.570. The second-order valence-electron chi connectivity index (χ2n) is 7.27. The van der Waals surface area contributed by atoms with E-state index in [0.717, 1.165) is 37.6 Å². The monoisotopic (exact) mass is 381 g/mol. The van der Waals surface area contributed by atoms with Gasteiger partial charge in [0.2, 0.25) is 0 Å². The lowest BCUT2D eigenvalue weighted by Crippen LogP contribution is -2.40. The maximum atomic E-state index is 10.1. The van der Waals surface area contributed by atoms with Crippen LogP contribution in [0.2, 0.25) is 0 Å². The molecule has 1 aliphatic rings. The first-order chi connectivity index (χ1) is 13.7. The summed E-state index contributed by atoms with van der Waals surface area (Å²) in [7, 11) is 1.60. The normalized spacial score (nSPS) is 17.0. The molecule has 5 nitrogen and oxygen atoms in total. The predicted octanol–water partition coefficient (Wildman–Crippen LogP) is 3.47. The topological polar surface area (TPSA) is 57.1 Å². The number of phenolic OH excluding ortho intramolecular Hbond substituents is 1. The van der Waals surface area contributed by atoms with Gasteiger partial charge in [-0.25, -0.2) is 0 Å². The molecular formula is C23H31N3O2. The number of ether oxygens (including phenoxy) is 1. The Morgan fingerprint density at radius 3 is 2.79 bits per heavy atom. The van der Waals surface area contributed by atoms with Crippen molar-refractivity contribution in [3.05, 3.63) is 59.7 Å². The van der Waals surface area contributed by atoms with Crippen molar-refractivity contribution >= 4 is 5.96 Å².